The highest BCUT2D eigenvalue weighted by molar-refractivity contribution is 5.76. The van der Waals surface area contributed by atoms with Gasteiger partial charge >= 0.3 is 0 Å². The molecule has 1 amide bonds. The molecule has 0 aliphatic carbocycles. The maximum Gasteiger partial charge on any atom is 0.222 e. The molecule has 0 bridgehead atoms. The van der Waals surface area contributed by atoms with E-state index in [-0.39, 0.29) is 5.91 Å². The van der Waals surface area contributed by atoms with Crippen LogP contribution in [0.2, 0.25) is 0 Å². The molecule has 0 spiro atoms. The summed E-state index contributed by atoms with van der Waals surface area (Å²) in [6, 6.07) is 10.3. The van der Waals surface area contributed by atoms with Crippen LogP contribution >= 0.6 is 0 Å². The molecule has 5 heteroatoms. The van der Waals surface area contributed by atoms with Gasteiger partial charge in [-0.3, -0.25) is 4.79 Å². The molecule has 5 nitrogen and oxygen atoms in total. The van der Waals surface area contributed by atoms with Crippen LogP contribution in [0.25, 0.3) is 5.69 Å². The lowest BCUT2D eigenvalue weighted by molar-refractivity contribution is -0.131. The summed E-state index contributed by atoms with van der Waals surface area (Å²) in [5.74, 6) is 0.209. The first-order valence-electron chi connectivity index (χ1n) is 7.79. The Morgan fingerprint density at radius 2 is 2.23 bits per heavy atom. The molecule has 1 atom stereocenters. The van der Waals surface area contributed by atoms with Gasteiger partial charge in [0.1, 0.15) is 0 Å². The summed E-state index contributed by atoms with van der Waals surface area (Å²) in [6.07, 6.45) is 6.16. The molecule has 0 saturated carbocycles. The van der Waals surface area contributed by atoms with Gasteiger partial charge in [0.05, 0.1) is 11.9 Å². The van der Waals surface area contributed by atoms with Gasteiger partial charge in [-0.15, -0.1) is 0 Å². The molecule has 3 rings (SSSR count). The monoisotopic (exact) mass is 298 g/mol. The molecule has 1 aliphatic heterocycles. The number of likely N-dealkylation sites (N-methyl/N-ethyl adjacent to an activating group) is 1. The minimum atomic E-state index is 0.209. The number of aromatic nitrogens is 2. The van der Waals surface area contributed by atoms with Crippen molar-refractivity contribution in [3.05, 3.63) is 48.3 Å². The van der Waals surface area contributed by atoms with Crippen LogP contribution in [0, 0.1) is 0 Å². The lowest BCUT2D eigenvalue weighted by atomic mass is 10.1. The molecule has 22 heavy (non-hydrogen) atoms. The highest BCUT2D eigenvalue weighted by atomic mass is 16.2. The number of amides is 1. The number of carbonyl (C=O) groups is 1. The maximum absolute atomic E-state index is 12.3. The third-order valence-corrected chi connectivity index (χ3v) is 4.26. The molecule has 0 radical (unpaired) electrons. The summed E-state index contributed by atoms with van der Waals surface area (Å²) < 4.78 is 1.85. The number of hydrogen-bond acceptors (Lipinski definition) is 3. The molecular formula is C17H22N4O. The lowest BCUT2D eigenvalue weighted by Crippen LogP contribution is -2.38. The van der Waals surface area contributed by atoms with Crippen LogP contribution in [0.15, 0.2) is 42.7 Å². The van der Waals surface area contributed by atoms with Gasteiger partial charge in [0.2, 0.25) is 5.91 Å². The SMILES string of the molecule is CN(C(=O)CCc1cnn(-c2ccccc2)c1)C1CCNC1. The van der Waals surface area contributed by atoms with Crippen molar-refractivity contribution in [1.82, 2.24) is 20.0 Å². The van der Waals surface area contributed by atoms with Crippen molar-refractivity contribution in [2.24, 2.45) is 0 Å². The van der Waals surface area contributed by atoms with Gasteiger partial charge in [0, 0.05) is 32.3 Å². The zero-order valence-corrected chi connectivity index (χ0v) is 12.9. The Balaban J connectivity index is 1.55. The fraction of sp³-hybridized carbons (Fsp3) is 0.412. The molecular weight excluding hydrogens is 276 g/mol. The fourth-order valence-electron chi connectivity index (χ4n) is 2.81. The molecule has 1 N–H and O–H groups in total. The Morgan fingerprint density at radius 1 is 1.41 bits per heavy atom. The van der Waals surface area contributed by atoms with Crippen LogP contribution in [-0.4, -0.2) is 46.8 Å². The van der Waals surface area contributed by atoms with E-state index in [4.69, 9.17) is 0 Å². The molecule has 2 heterocycles. The van der Waals surface area contributed by atoms with Crippen molar-refractivity contribution < 1.29 is 4.79 Å². The second kappa shape index (κ2) is 6.75. The molecule has 1 aliphatic rings. The van der Waals surface area contributed by atoms with Crippen LogP contribution in [0.5, 0.6) is 0 Å². The van der Waals surface area contributed by atoms with Gasteiger partial charge in [-0.1, -0.05) is 18.2 Å². The molecule has 1 aromatic heterocycles. The number of rotatable bonds is 5. The van der Waals surface area contributed by atoms with Gasteiger partial charge < -0.3 is 10.2 Å². The zero-order chi connectivity index (χ0) is 15.4. The fourth-order valence-corrected chi connectivity index (χ4v) is 2.81. The van der Waals surface area contributed by atoms with E-state index in [1.165, 1.54) is 0 Å². The van der Waals surface area contributed by atoms with E-state index in [1.54, 1.807) is 0 Å². The number of benzene rings is 1. The summed E-state index contributed by atoms with van der Waals surface area (Å²) in [7, 11) is 1.91. The predicted molar refractivity (Wildman–Crippen MR) is 85.9 cm³/mol. The molecule has 1 unspecified atom stereocenters. The Labute approximate surface area is 130 Å². The molecule has 1 saturated heterocycles. The lowest BCUT2D eigenvalue weighted by Gasteiger charge is -2.23. The summed E-state index contributed by atoms with van der Waals surface area (Å²) in [5.41, 5.74) is 2.13. The van der Waals surface area contributed by atoms with Crippen LogP contribution in [0.4, 0.5) is 0 Å². The summed E-state index contributed by atoms with van der Waals surface area (Å²) in [4.78, 5) is 14.1. The first-order valence-corrected chi connectivity index (χ1v) is 7.79. The van der Waals surface area contributed by atoms with Gasteiger partial charge in [-0.2, -0.15) is 5.10 Å². The minimum absolute atomic E-state index is 0.209. The van der Waals surface area contributed by atoms with Crippen LogP contribution < -0.4 is 5.32 Å². The van der Waals surface area contributed by atoms with Crippen molar-refractivity contribution in [1.29, 1.82) is 0 Å². The van der Waals surface area contributed by atoms with Crippen molar-refractivity contribution in [3.63, 3.8) is 0 Å². The normalized spacial score (nSPS) is 17.6. The predicted octanol–water partition coefficient (Wildman–Crippen LogP) is 1.63. The average molecular weight is 298 g/mol. The maximum atomic E-state index is 12.3. The summed E-state index contributed by atoms with van der Waals surface area (Å²) >= 11 is 0. The van der Waals surface area contributed by atoms with E-state index in [0.29, 0.717) is 12.5 Å². The highest BCUT2D eigenvalue weighted by Crippen LogP contribution is 2.12. The first-order chi connectivity index (χ1) is 10.7. The van der Waals surface area contributed by atoms with E-state index < -0.39 is 0 Å². The number of nitrogens with zero attached hydrogens (tertiary/aromatic N) is 3. The summed E-state index contributed by atoms with van der Waals surface area (Å²) in [5, 5.41) is 7.66. The number of carbonyl (C=O) groups excluding carboxylic acids is 1. The molecule has 116 valence electrons. The quantitative estimate of drug-likeness (QED) is 0.912. The standard InChI is InChI=1S/C17H22N4O/c1-20(16-9-10-18-12-16)17(22)8-7-14-11-19-21(13-14)15-5-3-2-4-6-15/h2-6,11,13,16,18H,7-10,12H2,1H3. The number of para-hydroxylation sites is 1. The minimum Gasteiger partial charge on any atom is -0.341 e. The number of hydrogen-bond donors (Lipinski definition) is 1. The molecule has 1 aromatic carbocycles. The van der Waals surface area contributed by atoms with E-state index in [1.807, 2.05) is 59.4 Å². The van der Waals surface area contributed by atoms with Gasteiger partial charge in [-0.05, 0) is 37.1 Å². The number of nitrogens with one attached hydrogen (secondary N) is 1. The van der Waals surface area contributed by atoms with Crippen molar-refractivity contribution in [3.8, 4) is 5.69 Å². The number of aryl methyl sites for hydroxylation is 1. The zero-order valence-electron chi connectivity index (χ0n) is 12.9. The van der Waals surface area contributed by atoms with Crippen molar-refractivity contribution >= 4 is 5.91 Å². The van der Waals surface area contributed by atoms with Crippen LogP contribution in [0.1, 0.15) is 18.4 Å². The third kappa shape index (κ3) is 3.36. The Bertz CT molecular complexity index is 617. The van der Waals surface area contributed by atoms with Crippen molar-refractivity contribution in [2.45, 2.75) is 25.3 Å². The highest BCUT2D eigenvalue weighted by Gasteiger charge is 2.22. The van der Waals surface area contributed by atoms with E-state index >= 15 is 0 Å². The van der Waals surface area contributed by atoms with Gasteiger partial charge in [0.25, 0.3) is 0 Å². The Hall–Kier alpha value is -2.14. The molecule has 2 aromatic rings. The van der Waals surface area contributed by atoms with E-state index in [2.05, 4.69) is 10.4 Å². The first kappa shape index (κ1) is 14.8. The largest absolute Gasteiger partial charge is 0.341 e. The Morgan fingerprint density at radius 3 is 2.95 bits per heavy atom. The second-order valence-electron chi connectivity index (χ2n) is 5.78. The van der Waals surface area contributed by atoms with Gasteiger partial charge in [0.15, 0.2) is 0 Å². The topological polar surface area (TPSA) is 50.2 Å². The van der Waals surface area contributed by atoms with Gasteiger partial charge in [-0.25, -0.2) is 4.68 Å². The second-order valence-corrected chi connectivity index (χ2v) is 5.78. The average Bonchev–Trinajstić information content (AvgIpc) is 3.24. The third-order valence-electron chi connectivity index (χ3n) is 4.26. The van der Waals surface area contributed by atoms with E-state index in [9.17, 15) is 4.79 Å². The molecule has 1 fully saturated rings. The van der Waals surface area contributed by atoms with Crippen molar-refractivity contribution in [2.75, 3.05) is 20.1 Å². The Kier molecular flexibility index (Phi) is 4.53. The summed E-state index contributed by atoms with van der Waals surface area (Å²) in [6.45, 7) is 1.92. The van der Waals surface area contributed by atoms with Crippen LogP contribution in [-0.2, 0) is 11.2 Å². The van der Waals surface area contributed by atoms with E-state index in [0.717, 1.165) is 37.2 Å². The smallest absolute Gasteiger partial charge is 0.222 e. The van der Waals surface area contributed by atoms with Crippen LogP contribution in [0.3, 0.4) is 0 Å².